The van der Waals surface area contributed by atoms with Crippen molar-refractivity contribution in [3.05, 3.63) is 58.8 Å². The van der Waals surface area contributed by atoms with Crippen molar-refractivity contribution in [2.45, 2.75) is 45.4 Å². The van der Waals surface area contributed by atoms with Gasteiger partial charge in [0.1, 0.15) is 5.78 Å². The minimum Gasteiger partial charge on any atom is -0.493 e. The van der Waals surface area contributed by atoms with Crippen LogP contribution in [0.1, 0.15) is 56.6 Å². The molecule has 1 unspecified atom stereocenters. The van der Waals surface area contributed by atoms with Gasteiger partial charge in [-0.3, -0.25) is 9.79 Å². The summed E-state index contributed by atoms with van der Waals surface area (Å²) >= 11 is 0. The first-order valence-electron chi connectivity index (χ1n) is 12.9. The number of nitrogens with zero attached hydrogens (tertiary/aromatic N) is 1. The molecule has 4 rings (SSSR count). The second-order valence-electron chi connectivity index (χ2n) is 9.31. The van der Waals surface area contributed by atoms with Crippen LogP contribution in [-0.2, 0) is 14.3 Å². The molecule has 0 saturated heterocycles. The molecule has 0 spiro atoms. The van der Waals surface area contributed by atoms with Crippen molar-refractivity contribution in [2.75, 3.05) is 34.5 Å². The first-order valence-corrected chi connectivity index (χ1v) is 12.9. The molecule has 2 aromatic carbocycles. The van der Waals surface area contributed by atoms with Crippen molar-refractivity contribution in [3.8, 4) is 23.0 Å². The average Bonchev–Trinajstić information content (AvgIpc) is 2.92. The van der Waals surface area contributed by atoms with Crippen molar-refractivity contribution >= 4 is 17.5 Å². The summed E-state index contributed by atoms with van der Waals surface area (Å²) in [6.45, 7) is 6.18. The predicted octanol–water partition coefficient (Wildman–Crippen LogP) is 5.25. The Bertz CT molecular complexity index is 1280. The van der Waals surface area contributed by atoms with Crippen LogP contribution in [0.3, 0.4) is 0 Å². The summed E-state index contributed by atoms with van der Waals surface area (Å²) in [4.78, 5) is 31.9. The van der Waals surface area contributed by atoms with Crippen LogP contribution >= 0.6 is 0 Å². The maximum Gasteiger partial charge on any atom is 0.336 e. The van der Waals surface area contributed by atoms with Gasteiger partial charge in [-0.15, -0.1) is 0 Å². The number of carbonyl (C=O) groups excluding carboxylic acids is 2. The molecule has 0 radical (unpaired) electrons. The monoisotopic (exact) mass is 521 g/mol. The number of benzene rings is 2. The van der Waals surface area contributed by atoms with Gasteiger partial charge in [-0.25, -0.2) is 4.79 Å². The average molecular weight is 522 g/mol. The topological polar surface area (TPSA) is 92.7 Å². The number of esters is 1. The summed E-state index contributed by atoms with van der Waals surface area (Å²) in [5.74, 6) is 0.791. The lowest BCUT2D eigenvalue weighted by Gasteiger charge is -2.38. The molecular formula is C30H35NO7. The minimum absolute atomic E-state index is 0.0296. The standard InChI is InChI=1S/C30H35NO7/c1-7-37-24-12-10-19(16-26(24)36-6)28-27(30(33)38-8-2)17(3)31-21-13-20(14-22(32)29(21)28)18-9-11-23(34-4)25(15-18)35-5/h9-12,15-16,20,28-29H,7-8,13-14H2,1-6H3/t20-,28+,29?/m1/s1. The van der Waals surface area contributed by atoms with Crippen LogP contribution in [0.4, 0.5) is 0 Å². The predicted molar refractivity (Wildman–Crippen MR) is 144 cm³/mol. The Morgan fingerprint density at radius 2 is 1.47 bits per heavy atom. The first-order chi connectivity index (χ1) is 18.4. The highest BCUT2D eigenvalue weighted by molar-refractivity contribution is 6.12. The van der Waals surface area contributed by atoms with E-state index in [-0.39, 0.29) is 18.3 Å². The largest absolute Gasteiger partial charge is 0.493 e. The summed E-state index contributed by atoms with van der Waals surface area (Å²) in [6, 6.07) is 11.3. The third kappa shape index (κ3) is 5.12. The van der Waals surface area contributed by atoms with Crippen molar-refractivity contribution in [2.24, 2.45) is 10.9 Å². The highest BCUT2D eigenvalue weighted by atomic mass is 16.5. The molecule has 38 heavy (non-hydrogen) atoms. The van der Waals surface area contributed by atoms with Gasteiger partial charge in [0.2, 0.25) is 0 Å². The maximum absolute atomic E-state index is 13.9. The van der Waals surface area contributed by atoms with E-state index in [1.54, 1.807) is 35.2 Å². The molecule has 2 aromatic rings. The Morgan fingerprint density at radius 3 is 2.13 bits per heavy atom. The van der Waals surface area contributed by atoms with Crippen LogP contribution in [0.15, 0.2) is 52.7 Å². The summed E-state index contributed by atoms with van der Waals surface area (Å²) in [5, 5.41) is 0. The number of Topliss-reactive ketones (excluding diaryl/α,β-unsaturated/α-hetero) is 1. The third-order valence-electron chi connectivity index (χ3n) is 7.18. The third-order valence-corrected chi connectivity index (χ3v) is 7.18. The number of hydrogen-bond donors (Lipinski definition) is 0. The van der Waals surface area contributed by atoms with E-state index in [1.807, 2.05) is 43.3 Å². The van der Waals surface area contributed by atoms with Crippen molar-refractivity contribution < 1.29 is 33.3 Å². The highest BCUT2D eigenvalue weighted by Gasteiger charge is 2.46. The van der Waals surface area contributed by atoms with Crippen molar-refractivity contribution in [1.82, 2.24) is 0 Å². The van der Waals surface area contributed by atoms with E-state index in [0.29, 0.717) is 53.7 Å². The smallest absolute Gasteiger partial charge is 0.336 e. The molecule has 1 aliphatic carbocycles. The van der Waals surface area contributed by atoms with Gasteiger partial charge >= 0.3 is 5.97 Å². The number of carbonyl (C=O) groups is 2. The fraction of sp³-hybridized carbons (Fsp3) is 0.433. The van der Waals surface area contributed by atoms with E-state index in [2.05, 4.69) is 0 Å². The Hall–Kier alpha value is -3.81. The van der Waals surface area contributed by atoms with Gasteiger partial charge in [0, 0.05) is 23.7 Å². The molecular weight excluding hydrogens is 486 g/mol. The van der Waals surface area contributed by atoms with Crippen molar-refractivity contribution in [1.29, 1.82) is 0 Å². The molecule has 1 heterocycles. The fourth-order valence-electron chi connectivity index (χ4n) is 5.51. The first kappa shape index (κ1) is 27.2. The van der Waals surface area contributed by atoms with Crippen molar-refractivity contribution in [3.63, 3.8) is 0 Å². The highest BCUT2D eigenvalue weighted by Crippen LogP contribution is 2.48. The SMILES string of the molecule is CCOC(=O)C1=C(C)N=C2C[C@@H](c3ccc(OC)c(OC)c3)CC(=O)C2[C@H]1c1ccc(OCC)c(OC)c1. The van der Waals surface area contributed by atoms with Crippen LogP contribution in [0.25, 0.3) is 0 Å². The number of hydrogen-bond acceptors (Lipinski definition) is 8. The Kier molecular flexibility index (Phi) is 8.39. The molecule has 0 N–H and O–H groups in total. The van der Waals surface area contributed by atoms with Crippen LogP contribution < -0.4 is 18.9 Å². The quantitative estimate of drug-likeness (QED) is 0.416. The number of methoxy groups -OCH3 is 3. The number of rotatable bonds is 9. The van der Waals surface area contributed by atoms with E-state index in [0.717, 1.165) is 16.8 Å². The Balaban J connectivity index is 1.78. The fourth-order valence-corrected chi connectivity index (χ4v) is 5.51. The number of aliphatic imine (C=N–C) groups is 1. The molecule has 8 heteroatoms. The van der Waals surface area contributed by atoms with Gasteiger partial charge in [0.15, 0.2) is 23.0 Å². The van der Waals surface area contributed by atoms with Gasteiger partial charge in [-0.05, 0) is 68.5 Å². The van der Waals surface area contributed by atoms with Crippen LogP contribution in [0.5, 0.6) is 23.0 Å². The maximum atomic E-state index is 13.9. The molecule has 1 aliphatic heterocycles. The molecule has 2 aliphatic rings. The van der Waals surface area contributed by atoms with Crippen LogP contribution in [0.2, 0.25) is 0 Å². The second kappa shape index (κ2) is 11.7. The number of ketones is 1. The number of fused-ring (bicyclic) bond motifs is 1. The van der Waals surface area contributed by atoms with Gasteiger partial charge in [0.25, 0.3) is 0 Å². The second-order valence-corrected chi connectivity index (χ2v) is 9.31. The summed E-state index contributed by atoms with van der Waals surface area (Å²) in [7, 11) is 4.76. The van der Waals surface area contributed by atoms with Gasteiger partial charge < -0.3 is 23.7 Å². The molecule has 0 amide bonds. The molecule has 0 aromatic heterocycles. The lowest BCUT2D eigenvalue weighted by atomic mass is 9.66. The zero-order valence-corrected chi connectivity index (χ0v) is 22.8. The normalized spacial score (nSPS) is 20.8. The van der Waals surface area contributed by atoms with Gasteiger partial charge in [0.05, 0.1) is 46.0 Å². The summed E-state index contributed by atoms with van der Waals surface area (Å²) in [6.07, 6.45) is 0.906. The van der Waals surface area contributed by atoms with Crippen LogP contribution in [0, 0.1) is 5.92 Å². The molecule has 1 fully saturated rings. The van der Waals surface area contributed by atoms with Gasteiger partial charge in [-0.2, -0.15) is 0 Å². The van der Waals surface area contributed by atoms with E-state index < -0.39 is 17.8 Å². The van der Waals surface area contributed by atoms with Crippen LogP contribution in [-0.4, -0.2) is 52.0 Å². The van der Waals surface area contributed by atoms with E-state index in [1.165, 1.54) is 0 Å². The lowest BCUT2D eigenvalue weighted by molar-refractivity contribution is -0.139. The summed E-state index contributed by atoms with van der Waals surface area (Å²) in [5.41, 5.74) is 3.50. The van der Waals surface area contributed by atoms with E-state index in [4.69, 9.17) is 28.7 Å². The van der Waals surface area contributed by atoms with E-state index >= 15 is 0 Å². The molecule has 8 nitrogen and oxygen atoms in total. The molecule has 1 saturated carbocycles. The molecule has 3 atom stereocenters. The zero-order chi connectivity index (χ0) is 27.4. The molecule has 0 bridgehead atoms. The van der Waals surface area contributed by atoms with Gasteiger partial charge in [-0.1, -0.05) is 12.1 Å². The number of allylic oxidation sites excluding steroid dienone is 1. The van der Waals surface area contributed by atoms with E-state index in [9.17, 15) is 9.59 Å². The number of ether oxygens (including phenoxy) is 5. The minimum atomic E-state index is -0.572. The lowest BCUT2D eigenvalue weighted by Crippen LogP contribution is -2.41. The summed E-state index contributed by atoms with van der Waals surface area (Å²) < 4.78 is 27.6. The zero-order valence-electron chi connectivity index (χ0n) is 22.8. The molecule has 202 valence electrons. The Morgan fingerprint density at radius 1 is 0.842 bits per heavy atom. The Labute approximate surface area is 223 Å².